The lowest BCUT2D eigenvalue weighted by Gasteiger charge is -2.15. The van der Waals surface area contributed by atoms with E-state index in [4.69, 9.17) is 0 Å². The highest BCUT2D eigenvalue weighted by Crippen LogP contribution is 2.23. The van der Waals surface area contributed by atoms with Crippen LogP contribution in [0.15, 0.2) is 36.5 Å². The summed E-state index contributed by atoms with van der Waals surface area (Å²) in [6.45, 7) is 2.73. The largest absolute Gasteiger partial charge is 0.391 e. The number of aromatic amines is 1. The Hall–Kier alpha value is -2.80. The van der Waals surface area contributed by atoms with Crippen molar-refractivity contribution in [2.24, 2.45) is 5.92 Å². The van der Waals surface area contributed by atoms with Crippen LogP contribution in [0, 0.1) is 12.8 Å². The number of carbonyl (C=O) groups is 1. The fraction of sp³-hybridized carbons (Fsp3) is 0.333. The number of H-pyrrole nitrogens is 1. The summed E-state index contributed by atoms with van der Waals surface area (Å²) in [7, 11) is 0. The molecule has 3 heterocycles. The third-order valence-corrected chi connectivity index (χ3v) is 4.59. The van der Waals surface area contributed by atoms with E-state index in [1.54, 1.807) is 4.90 Å². The van der Waals surface area contributed by atoms with Crippen molar-refractivity contribution in [2.75, 3.05) is 13.1 Å². The number of carbonyl (C=O) groups excluding carboxylic acids is 1. The Balaban J connectivity index is 1.50. The molecule has 2 aromatic heterocycles. The molecule has 3 aromatic rings. The van der Waals surface area contributed by atoms with Crippen molar-refractivity contribution in [2.45, 2.75) is 19.4 Å². The second kappa shape index (κ2) is 6.25. The van der Waals surface area contributed by atoms with E-state index < -0.39 is 6.10 Å². The number of β-amino-alcohol motifs (C(OH)–C–C–N with tert-alkyl or cyclic N) is 1. The number of hydrogen-bond acceptors (Lipinski definition) is 5. The van der Waals surface area contributed by atoms with Crippen LogP contribution in [0.2, 0.25) is 0 Å². The summed E-state index contributed by atoms with van der Waals surface area (Å²) in [6, 6.07) is 9.41. The Morgan fingerprint density at radius 2 is 2.12 bits per heavy atom. The molecule has 0 spiro atoms. The molecule has 4 rings (SSSR count). The number of benzene rings is 1. The molecule has 1 aliphatic heterocycles. The van der Waals surface area contributed by atoms with Gasteiger partial charge in [-0.15, -0.1) is 0 Å². The highest BCUT2D eigenvalue weighted by Gasteiger charge is 2.35. The number of para-hydroxylation sites is 2. The van der Waals surface area contributed by atoms with Crippen molar-refractivity contribution in [3.63, 3.8) is 0 Å². The van der Waals surface area contributed by atoms with Gasteiger partial charge in [0.2, 0.25) is 0 Å². The first-order valence-corrected chi connectivity index (χ1v) is 8.30. The number of hydrogen-bond donors (Lipinski definition) is 2. The van der Waals surface area contributed by atoms with Crippen LogP contribution in [0.1, 0.15) is 21.9 Å². The molecule has 128 valence electrons. The minimum Gasteiger partial charge on any atom is -0.391 e. The van der Waals surface area contributed by atoms with Crippen molar-refractivity contribution in [3.8, 4) is 0 Å². The number of nitrogens with one attached hydrogen (secondary N) is 1. The summed E-state index contributed by atoms with van der Waals surface area (Å²) in [4.78, 5) is 23.1. The van der Waals surface area contributed by atoms with Crippen molar-refractivity contribution in [1.82, 2.24) is 25.1 Å². The van der Waals surface area contributed by atoms with Gasteiger partial charge in [-0.2, -0.15) is 5.10 Å². The van der Waals surface area contributed by atoms with E-state index in [2.05, 4.69) is 20.2 Å². The fourth-order valence-electron chi connectivity index (χ4n) is 3.29. The number of amides is 1. The third-order valence-electron chi connectivity index (χ3n) is 4.59. The fourth-order valence-corrected chi connectivity index (χ4v) is 3.29. The smallest absolute Gasteiger partial charge is 0.274 e. The third kappa shape index (κ3) is 3.10. The number of rotatable bonds is 3. The zero-order valence-electron chi connectivity index (χ0n) is 13.9. The van der Waals surface area contributed by atoms with Crippen LogP contribution in [0.25, 0.3) is 11.0 Å². The van der Waals surface area contributed by atoms with Gasteiger partial charge < -0.3 is 10.0 Å². The van der Waals surface area contributed by atoms with E-state index in [9.17, 15) is 9.90 Å². The molecule has 1 amide bonds. The average molecular weight is 337 g/mol. The summed E-state index contributed by atoms with van der Waals surface area (Å²) in [5, 5.41) is 17.4. The SMILES string of the molecule is Cc1cc(C[C@@H]2CN(C(=O)c3cnc4ccccc4n3)C[C@@H]2O)n[nH]1. The highest BCUT2D eigenvalue weighted by atomic mass is 16.3. The van der Waals surface area contributed by atoms with E-state index in [1.165, 1.54) is 6.20 Å². The minimum atomic E-state index is -0.561. The predicted octanol–water partition coefficient (Wildman–Crippen LogP) is 1.34. The summed E-state index contributed by atoms with van der Waals surface area (Å²) in [6.07, 6.45) is 1.58. The standard InChI is InChI=1S/C18H19N5O2/c1-11-6-13(22-21-11)7-12-9-23(10-17(12)24)18(25)16-8-19-14-4-2-3-5-15(14)20-16/h2-6,8,12,17,24H,7,9-10H2,1H3,(H,21,22)/t12-,17+/m1/s1. The lowest BCUT2D eigenvalue weighted by Crippen LogP contribution is -2.30. The van der Waals surface area contributed by atoms with Gasteiger partial charge in [-0.25, -0.2) is 4.98 Å². The number of aromatic nitrogens is 4. The van der Waals surface area contributed by atoms with Gasteiger partial charge in [-0.05, 0) is 31.5 Å². The Morgan fingerprint density at radius 3 is 2.88 bits per heavy atom. The first-order valence-electron chi connectivity index (χ1n) is 8.30. The Labute approximate surface area is 144 Å². The van der Waals surface area contributed by atoms with E-state index in [1.807, 2.05) is 37.3 Å². The zero-order chi connectivity index (χ0) is 17.4. The lowest BCUT2D eigenvalue weighted by atomic mass is 10.0. The van der Waals surface area contributed by atoms with E-state index in [0.717, 1.165) is 16.9 Å². The number of fused-ring (bicyclic) bond motifs is 1. The molecule has 7 heteroatoms. The maximum Gasteiger partial charge on any atom is 0.274 e. The van der Waals surface area contributed by atoms with Gasteiger partial charge in [0.05, 0.1) is 29.0 Å². The van der Waals surface area contributed by atoms with Gasteiger partial charge in [0.25, 0.3) is 5.91 Å². The maximum absolute atomic E-state index is 12.7. The van der Waals surface area contributed by atoms with E-state index >= 15 is 0 Å². The Bertz CT molecular complexity index is 922. The molecule has 1 aliphatic rings. The average Bonchev–Trinajstić information content (AvgIpc) is 3.20. The lowest BCUT2D eigenvalue weighted by molar-refractivity contribution is 0.0759. The molecule has 1 aromatic carbocycles. The van der Waals surface area contributed by atoms with Gasteiger partial charge in [-0.3, -0.25) is 14.9 Å². The molecule has 25 heavy (non-hydrogen) atoms. The van der Waals surface area contributed by atoms with Crippen LogP contribution in [-0.4, -0.2) is 55.3 Å². The van der Waals surface area contributed by atoms with Crippen molar-refractivity contribution in [1.29, 1.82) is 0 Å². The molecule has 1 fully saturated rings. The second-order valence-electron chi connectivity index (χ2n) is 6.53. The quantitative estimate of drug-likeness (QED) is 0.752. The second-order valence-corrected chi connectivity index (χ2v) is 6.53. The summed E-state index contributed by atoms with van der Waals surface area (Å²) >= 11 is 0. The first-order chi connectivity index (χ1) is 12.1. The number of aliphatic hydroxyl groups is 1. The van der Waals surface area contributed by atoms with Gasteiger partial charge in [0.1, 0.15) is 5.69 Å². The zero-order valence-corrected chi connectivity index (χ0v) is 13.9. The van der Waals surface area contributed by atoms with Crippen LogP contribution in [-0.2, 0) is 6.42 Å². The topological polar surface area (TPSA) is 95.0 Å². The van der Waals surface area contributed by atoms with Crippen LogP contribution >= 0.6 is 0 Å². The monoisotopic (exact) mass is 337 g/mol. The number of aliphatic hydroxyl groups excluding tert-OH is 1. The van der Waals surface area contributed by atoms with Crippen LogP contribution in [0.3, 0.4) is 0 Å². The Kier molecular flexibility index (Phi) is 3.93. The molecule has 1 saturated heterocycles. The number of aryl methyl sites for hydroxylation is 1. The molecule has 0 saturated carbocycles. The molecule has 7 nitrogen and oxygen atoms in total. The Morgan fingerprint density at radius 1 is 1.32 bits per heavy atom. The first kappa shape index (κ1) is 15.7. The van der Waals surface area contributed by atoms with Crippen molar-refractivity contribution >= 4 is 16.9 Å². The van der Waals surface area contributed by atoms with Crippen LogP contribution < -0.4 is 0 Å². The minimum absolute atomic E-state index is 0.0277. The van der Waals surface area contributed by atoms with Gasteiger partial charge in [-0.1, -0.05) is 12.1 Å². The van der Waals surface area contributed by atoms with Crippen molar-refractivity contribution < 1.29 is 9.90 Å². The van der Waals surface area contributed by atoms with E-state index in [-0.39, 0.29) is 11.8 Å². The molecule has 0 unspecified atom stereocenters. The molecule has 0 radical (unpaired) electrons. The van der Waals surface area contributed by atoms with Gasteiger partial charge >= 0.3 is 0 Å². The summed E-state index contributed by atoms with van der Waals surface area (Å²) < 4.78 is 0. The molecular formula is C18H19N5O2. The summed E-state index contributed by atoms with van der Waals surface area (Å²) in [5.41, 5.74) is 3.65. The number of likely N-dealkylation sites (tertiary alicyclic amines) is 1. The highest BCUT2D eigenvalue weighted by molar-refractivity contribution is 5.94. The van der Waals surface area contributed by atoms with Gasteiger partial charge in [0.15, 0.2) is 0 Å². The normalized spacial score (nSPS) is 20.3. The van der Waals surface area contributed by atoms with Gasteiger partial charge in [0, 0.05) is 24.7 Å². The molecule has 0 aliphatic carbocycles. The van der Waals surface area contributed by atoms with Crippen LogP contribution in [0.4, 0.5) is 0 Å². The molecular weight excluding hydrogens is 318 g/mol. The summed E-state index contributed by atoms with van der Waals surface area (Å²) in [5.74, 6) is -0.224. The van der Waals surface area contributed by atoms with Crippen molar-refractivity contribution in [3.05, 3.63) is 53.6 Å². The van der Waals surface area contributed by atoms with E-state index in [0.29, 0.717) is 30.7 Å². The molecule has 2 atom stereocenters. The number of nitrogens with zero attached hydrogens (tertiary/aromatic N) is 4. The van der Waals surface area contributed by atoms with Crippen LogP contribution in [0.5, 0.6) is 0 Å². The molecule has 0 bridgehead atoms. The molecule has 2 N–H and O–H groups in total. The maximum atomic E-state index is 12.7. The predicted molar refractivity (Wildman–Crippen MR) is 92.0 cm³/mol.